The molecule has 0 radical (unpaired) electrons. The molecule has 1 fully saturated rings. The first-order valence-corrected chi connectivity index (χ1v) is 7.61. The second kappa shape index (κ2) is 7.20. The lowest BCUT2D eigenvalue weighted by atomic mass is 9.86. The van der Waals surface area contributed by atoms with E-state index in [1.165, 1.54) is 44.2 Å². The van der Waals surface area contributed by atoms with Crippen LogP contribution in [0.4, 0.5) is 11.4 Å². The summed E-state index contributed by atoms with van der Waals surface area (Å²) < 4.78 is 0. The van der Waals surface area contributed by atoms with Crippen molar-refractivity contribution < 1.29 is 9.72 Å². The van der Waals surface area contributed by atoms with Crippen molar-refractivity contribution >= 4 is 17.3 Å². The SMILES string of the molecule is Cc1ccc([N+](=O)[O-])cc1NC(=O)CCC1CCCCC1. The molecule has 5 heteroatoms. The van der Waals surface area contributed by atoms with E-state index < -0.39 is 4.92 Å². The highest BCUT2D eigenvalue weighted by Crippen LogP contribution is 2.28. The van der Waals surface area contributed by atoms with Crippen LogP contribution in [0.2, 0.25) is 0 Å². The molecule has 0 aliphatic heterocycles. The van der Waals surface area contributed by atoms with Gasteiger partial charge in [-0.25, -0.2) is 0 Å². The molecule has 0 spiro atoms. The largest absolute Gasteiger partial charge is 0.326 e. The van der Waals surface area contributed by atoms with Crippen LogP contribution in [0, 0.1) is 23.0 Å². The molecule has 114 valence electrons. The molecular weight excluding hydrogens is 268 g/mol. The number of non-ortho nitro benzene ring substituents is 1. The van der Waals surface area contributed by atoms with Crippen molar-refractivity contribution in [3.8, 4) is 0 Å². The van der Waals surface area contributed by atoms with Gasteiger partial charge in [0, 0.05) is 18.6 Å². The highest BCUT2D eigenvalue weighted by atomic mass is 16.6. The minimum Gasteiger partial charge on any atom is -0.326 e. The smallest absolute Gasteiger partial charge is 0.271 e. The minimum absolute atomic E-state index is 0.00294. The summed E-state index contributed by atoms with van der Waals surface area (Å²) in [5.74, 6) is 0.611. The van der Waals surface area contributed by atoms with Crippen LogP contribution in [-0.2, 0) is 4.79 Å². The molecule has 21 heavy (non-hydrogen) atoms. The Hall–Kier alpha value is -1.91. The summed E-state index contributed by atoms with van der Waals surface area (Å²) in [7, 11) is 0. The standard InChI is InChI=1S/C16H22N2O3/c1-12-7-9-14(18(20)21)11-15(12)17-16(19)10-8-13-5-3-2-4-6-13/h7,9,11,13H,2-6,8,10H2,1H3,(H,17,19). The maximum Gasteiger partial charge on any atom is 0.271 e. The summed E-state index contributed by atoms with van der Waals surface area (Å²) in [6, 6.07) is 4.54. The Kier molecular flexibility index (Phi) is 5.31. The number of nitrogens with one attached hydrogen (secondary N) is 1. The fourth-order valence-electron chi connectivity index (χ4n) is 2.88. The molecule has 0 saturated heterocycles. The Morgan fingerprint density at radius 2 is 2.05 bits per heavy atom. The molecule has 0 atom stereocenters. The molecule has 1 aliphatic rings. The van der Waals surface area contributed by atoms with Gasteiger partial charge >= 0.3 is 0 Å². The monoisotopic (exact) mass is 290 g/mol. The molecule has 1 aromatic rings. The summed E-state index contributed by atoms with van der Waals surface area (Å²) in [6.45, 7) is 1.83. The van der Waals surface area contributed by atoms with Gasteiger partial charge in [-0.15, -0.1) is 0 Å². The van der Waals surface area contributed by atoms with Crippen molar-refractivity contribution in [2.75, 3.05) is 5.32 Å². The number of hydrogen-bond donors (Lipinski definition) is 1. The molecule has 1 amide bonds. The molecule has 5 nitrogen and oxygen atoms in total. The van der Waals surface area contributed by atoms with Gasteiger partial charge in [-0.2, -0.15) is 0 Å². The zero-order chi connectivity index (χ0) is 15.2. The summed E-state index contributed by atoms with van der Waals surface area (Å²) in [5, 5.41) is 13.6. The Labute approximate surface area is 124 Å². The van der Waals surface area contributed by atoms with Crippen molar-refractivity contribution in [2.45, 2.75) is 51.9 Å². The normalized spacial score (nSPS) is 15.7. The molecule has 1 aromatic carbocycles. The van der Waals surface area contributed by atoms with E-state index in [1.54, 1.807) is 6.07 Å². The summed E-state index contributed by atoms with van der Waals surface area (Å²) in [4.78, 5) is 22.3. The summed E-state index contributed by atoms with van der Waals surface area (Å²) in [5.41, 5.74) is 1.38. The van der Waals surface area contributed by atoms with E-state index in [-0.39, 0.29) is 11.6 Å². The number of nitro benzene ring substituents is 1. The molecule has 0 heterocycles. The summed E-state index contributed by atoms with van der Waals surface area (Å²) >= 11 is 0. The van der Waals surface area contributed by atoms with Crippen molar-refractivity contribution in [1.29, 1.82) is 0 Å². The predicted octanol–water partition coefficient (Wildman–Crippen LogP) is 4.20. The predicted molar refractivity (Wildman–Crippen MR) is 82.3 cm³/mol. The van der Waals surface area contributed by atoms with Gasteiger partial charge in [0.15, 0.2) is 0 Å². The molecular formula is C16H22N2O3. The molecule has 2 rings (SSSR count). The van der Waals surface area contributed by atoms with Gasteiger partial charge < -0.3 is 5.32 Å². The number of anilines is 1. The number of carbonyl (C=O) groups excluding carboxylic acids is 1. The van der Waals surface area contributed by atoms with Crippen LogP contribution in [0.1, 0.15) is 50.5 Å². The van der Waals surface area contributed by atoms with Crippen LogP contribution in [0.5, 0.6) is 0 Å². The number of carbonyl (C=O) groups is 1. The average molecular weight is 290 g/mol. The Balaban J connectivity index is 1.89. The average Bonchev–Trinajstić information content (AvgIpc) is 2.48. The van der Waals surface area contributed by atoms with Gasteiger partial charge in [-0.05, 0) is 24.8 Å². The second-order valence-electron chi connectivity index (χ2n) is 5.85. The highest BCUT2D eigenvalue weighted by molar-refractivity contribution is 5.91. The van der Waals surface area contributed by atoms with Crippen LogP contribution in [0.25, 0.3) is 0 Å². The van der Waals surface area contributed by atoms with Gasteiger partial charge in [0.1, 0.15) is 0 Å². The minimum atomic E-state index is -0.447. The fraction of sp³-hybridized carbons (Fsp3) is 0.562. The first kappa shape index (κ1) is 15.5. The van der Waals surface area contributed by atoms with E-state index in [2.05, 4.69) is 5.32 Å². The first-order valence-electron chi connectivity index (χ1n) is 7.61. The van der Waals surface area contributed by atoms with Gasteiger partial charge in [0.25, 0.3) is 5.69 Å². The van der Waals surface area contributed by atoms with Crippen LogP contribution < -0.4 is 5.32 Å². The lowest BCUT2D eigenvalue weighted by Gasteiger charge is -2.21. The lowest BCUT2D eigenvalue weighted by Crippen LogP contribution is -2.15. The molecule has 0 bridgehead atoms. The third-order valence-corrected chi connectivity index (χ3v) is 4.21. The van der Waals surface area contributed by atoms with Gasteiger partial charge in [-0.1, -0.05) is 38.2 Å². The van der Waals surface area contributed by atoms with Crippen molar-refractivity contribution in [3.63, 3.8) is 0 Å². The number of rotatable bonds is 5. The van der Waals surface area contributed by atoms with E-state index in [1.807, 2.05) is 6.92 Å². The van der Waals surface area contributed by atoms with Crippen molar-refractivity contribution in [2.24, 2.45) is 5.92 Å². The van der Waals surface area contributed by atoms with Crippen molar-refractivity contribution in [3.05, 3.63) is 33.9 Å². The number of nitrogens with zero attached hydrogens (tertiary/aromatic N) is 1. The Morgan fingerprint density at radius 1 is 1.33 bits per heavy atom. The van der Waals surface area contributed by atoms with Gasteiger partial charge in [-0.3, -0.25) is 14.9 Å². The third kappa shape index (κ3) is 4.55. The van der Waals surface area contributed by atoms with E-state index >= 15 is 0 Å². The number of hydrogen-bond acceptors (Lipinski definition) is 3. The summed E-state index contributed by atoms with van der Waals surface area (Å²) in [6.07, 6.45) is 7.72. The van der Waals surface area contributed by atoms with E-state index in [9.17, 15) is 14.9 Å². The zero-order valence-electron chi connectivity index (χ0n) is 12.4. The van der Waals surface area contributed by atoms with Crippen LogP contribution >= 0.6 is 0 Å². The van der Waals surface area contributed by atoms with Crippen LogP contribution in [0.3, 0.4) is 0 Å². The molecule has 1 N–H and O–H groups in total. The number of aryl methyl sites for hydroxylation is 1. The zero-order valence-corrected chi connectivity index (χ0v) is 12.4. The number of amides is 1. The highest BCUT2D eigenvalue weighted by Gasteiger charge is 2.16. The molecule has 1 saturated carbocycles. The molecule has 0 aromatic heterocycles. The fourth-order valence-corrected chi connectivity index (χ4v) is 2.88. The van der Waals surface area contributed by atoms with E-state index in [0.717, 1.165) is 12.0 Å². The van der Waals surface area contributed by atoms with Gasteiger partial charge in [0.05, 0.1) is 10.6 Å². The van der Waals surface area contributed by atoms with Gasteiger partial charge in [0.2, 0.25) is 5.91 Å². The van der Waals surface area contributed by atoms with E-state index in [0.29, 0.717) is 18.0 Å². The third-order valence-electron chi connectivity index (χ3n) is 4.21. The number of nitro groups is 1. The maximum absolute atomic E-state index is 12.0. The lowest BCUT2D eigenvalue weighted by molar-refractivity contribution is -0.384. The van der Waals surface area contributed by atoms with Crippen LogP contribution in [-0.4, -0.2) is 10.8 Å². The van der Waals surface area contributed by atoms with E-state index in [4.69, 9.17) is 0 Å². The first-order chi connectivity index (χ1) is 10.1. The Bertz CT molecular complexity index is 522. The topological polar surface area (TPSA) is 72.2 Å². The second-order valence-corrected chi connectivity index (χ2v) is 5.85. The van der Waals surface area contributed by atoms with Crippen molar-refractivity contribution in [1.82, 2.24) is 0 Å². The molecule has 0 unspecified atom stereocenters. The van der Waals surface area contributed by atoms with Crippen LogP contribution in [0.15, 0.2) is 18.2 Å². The number of benzene rings is 1. The maximum atomic E-state index is 12.0. The quantitative estimate of drug-likeness (QED) is 0.652. The molecule has 1 aliphatic carbocycles. The Morgan fingerprint density at radius 3 is 2.71 bits per heavy atom.